The summed E-state index contributed by atoms with van der Waals surface area (Å²) in [5.74, 6) is 0.334. The third kappa shape index (κ3) is 2.48. The molecule has 0 radical (unpaired) electrons. The standard InChI is InChI=1S/C30H22N2O2/c1-15-11-19-13-17-7-3-5-9-21(17)31-27(19)25-23(15)29(33)26-24(30(25)34)16(2)12-20-14-18-8-4-6-10-22(18)32-28(20)26/h3-12,33-34H,13-14H2,1-2H3. The van der Waals surface area contributed by atoms with Gasteiger partial charge in [-0.05, 0) is 59.4 Å². The zero-order valence-corrected chi connectivity index (χ0v) is 19.0. The molecule has 5 aromatic rings. The minimum absolute atomic E-state index is 0.167. The van der Waals surface area contributed by atoms with Crippen LogP contribution in [0.2, 0.25) is 0 Å². The molecule has 0 aromatic heterocycles. The lowest BCUT2D eigenvalue weighted by atomic mass is 9.87. The number of aromatic hydroxyl groups is 2. The maximum Gasteiger partial charge on any atom is 0.134 e. The number of benzene rings is 5. The molecule has 0 amide bonds. The zero-order valence-electron chi connectivity index (χ0n) is 19.0. The molecule has 0 saturated heterocycles. The van der Waals surface area contributed by atoms with Crippen LogP contribution in [0.1, 0.15) is 33.4 Å². The molecule has 164 valence electrons. The van der Waals surface area contributed by atoms with E-state index in [1.54, 1.807) is 0 Å². The number of hydrogen-bond donors (Lipinski definition) is 2. The fourth-order valence-corrected chi connectivity index (χ4v) is 5.79. The molecular weight excluding hydrogens is 420 g/mol. The molecular formula is C30H22N2O2. The van der Waals surface area contributed by atoms with Crippen LogP contribution < -0.4 is 10.7 Å². The SMILES string of the molecule is Cc1cc2c(c3c(O)c4c(C)cc5c(c4c(O)c13)=Nc1ccccc1C5)=Nc1ccccc1C2. The maximum absolute atomic E-state index is 11.7. The van der Waals surface area contributed by atoms with Crippen LogP contribution in [-0.2, 0) is 12.8 Å². The summed E-state index contributed by atoms with van der Waals surface area (Å²) in [6, 6.07) is 20.4. The van der Waals surface area contributed by atoms with Crippen LogP contribution in [0.3, 0.4) is 0 Å². The summed E-state index contributed by atoms with van der Waals surface area (Å²) in [4.78, 5) is 9.88. The normalized spacial score (nSPS) is 13.5. The van der Waals surface area contributed by atoms with E-state index in [4.69, 9.17) is 9.98 Å². The molecule has 2 N–H and O–H groups in total. The van der Waals surface area contributed by atoms with Crippen LogP contribution in [0.25, 0.3) is 21.5 Å². The van der Waals surface area contributed by atoms with Crippen LogP contribution >= 0.6 is 0 Å². The van der Waals surface area contributed by atoms with Gasteiger partial charge in [0.05, 0.1) is 32.9 Å². The Balaban J connectivity index is 1.70. The Morgan fingerprint density at radius 1 is 0.559 bits per heavy atom. The van der Waals surface area contributed by atoms with Crippen molar-refractivity contribution in [3.63, 3.8) is 0 Å². The third-order valence-electron chi connectivity index (χ3n) is 7.31. The number of para-hydroxylation sites is 2. The molecule has 7 rings (SSSR count). The number of rotatable bonds is 0. The number of hydrogen-bond acceptors (Lipinski definition) is 4. The number of nitrogens with zero attached hydrogens (tertiary/aromatic N) is 2. The van der Waals surface area contributed by atoms with E-state index in [2.05, 4.69) is 24.3 Å². The monoisotopic (exact) mass is 442 g/mol. The largest absolute Gasteiger partial charge is 0.507 e. The fraction of sp³-hybridized carbons (Fsp3) is 0.133. The van der Waals surface area contributed by atoms with Gasteiger partial charge >= 0.3 is 0 Å². The molecule has 0 saturated carbocycles. The molecule has 0 fully saturated rings. The first-order valence-corrected chi connectivity index (χ1v) is 11.6. The van der Waals surface area contributed by atoms with Crippen molar-refractivity contribution in [2.45, 2.75) is 26.7 Å². The predicted octanol–water partition coefficient (Wildman–Crippen LogP) is 5.73. The zero-order chi connectivity index (χ0) is 23.1. The summed E-state index contributed by atoms with van der Waals surface area (Å²) in [7, 11) is 0. The van der Waals surface area contributed by atoms with Gasteiger partial charge in [0.15, 0.2) is 0 Å². The molecule has 0 bridgehead atoms. The van der Waals surface area contributed by atoms with Gasteiger partial charge in [0.25, 0.3) is 0 Å². The van der Waals surface area contributed by atoms with Crippen molar-refractivity contribution in [1.29, 1.82) is 0 Å². The van der Waals surface area contributed by atoms with Gasteiger partial charge in [-0.3, -0.25) is 0 Å². The quantitative estimate of drug-likeness (QED) is 0.233. The summed E-state index contributed by atoms with van der Waals surface area (Å²) < 4.78 is 0. The Labute approximate surface area is 196 Å². The van der Waals surface area contributed by atoms with Crippen LogP contribution in [-0.4, -0.2) is 10.2 Å². The van der Waals surface area contributed by atoms with Gasteiger partial charge in [-0.2, -0.15) is 0 Å². The van der Waals surface area contributed by atoms with E-state index < -0.39 is 0 Å². The Kier molecular flexibility index (Phi) is 3.79. The highest BCUT2D eigenvalue weighted by molar-refractivity contribution is 6.13. The summed E-state index contributed by atoms with van der Waals surface area (Å²) in [6.45, 7) is 3.98. The van der Waals surface area contributed by atoms with Crippen molar-refractivity contribution in [1.82, 2.24) is 0 Å². The van der Waals surface area contributed by atoms with Crippen molar-refractivity contribution in [3.8, 4) is 11.5 Å². The van der Waals surface area contributed by atoms with Crippen molar-refractivity contribution in [2.75, 3.05) is 0 Å². The first kappa shape index (κ1) is 19.3. The van der Waals surface area contributed by atoms with Gasteiger partial charge in [0.2, 0.25) is 0 Å². The smallest absolute Gasteiger partial charge is 0.134 e. The molecule has 4 nitrogen and oxygen atoms in total. The van der Waals surface area contributed by atoms with E-state index in [1.807, 2.05) is 50.2 Å². The topological polar surface area (TPSA) is 65.2 Å². The number of fused-ring (bicyclic) bond motifs is 8. The molecule has 0 aliphatic carbocycles. The second kappa shape index (κ2) is 6.67. The van der Waals surface area contributed by atoms with Gasteiger partial charge < -0.3 is 10.2 Å². The second-order valence-electron chi connectivity index (χ2n) is 9.43. The van der Waals surface area contributed by atoms with Gasteiger partial charge in [-0.15, -0.1) is 0 Å². The van der Waals surface area contributed by atoms with Gasteiger partial charge in [0, 0.05) is 23.6 Å². The van der Waals surface area contributed by atoms with Crippen LogP contribution in [0, 0.1) is 13.8 Å². The Morgan fingerprint density at radius 3 is 1.41 bits per heavy atom. The van der Waals surface area contributed by atoms with Crippen molar-refractivity contribution in [3.05, 3.63) is 105 Å². The van der Waals surface area contributed by atoms with E-state index in [0.29, 0.717) is 21.5 Å². The first-order chi connectivity index (χ1) is 16.5. The van der Waals surface area contributed by atoms with E-state index >= 15 is 0 Å². The molecule has 5 aromatic carbocycles. The van der Waals surface area contributed by atoms with Crippen molar-refractivity contribution < 1.29 is 10.2 Å². The molecule has 2 heterocycles. The lowest BCUT2D eigenvalue weighted by Gasteiger charge is -2.21. The molecule has 0 spiro atoms. The molecule has 2 aliphatic heterocycles. The highest BCUT2D eigenvalue weighted by Gasteiger charge is 2.25. The van der Waals surface area contributed by atoms with E-state index in [9.17, 15) is 10.2 Å². The Bertz CT molecular complexity index is 1710. The second-order valence-corrected chi connectivity index (χ2v) is 9.43. The van der Waals surface area contributed by atoms with E-state index in [-0.39, 0.29) is 11.5 Å². The summed E-state index contributed by atoms with van der Waals surface area (Å²) >= 11 is 0. The lowest BCUT2D eigenvalue weighted by molar-refractivity contribution is 0.477. The van der Waals surface area contributed by atoms with Crippen LogP contribution in [0.4, 0.5) is 11.4 Å². The fourth-order valence-electron chi connectivity index (χ4n) is 5.79. The summed E-state index contributed by atoms with van der Waals surface area (Å²) in [6.07, 6.45) is 1.50. The third-order valence-corrected chi connectivity index (χ3v) is 7.31. The minimum Gasteiger partial charge on any atom is -0.507 e. The summed E-state index contributed by atoms with van der Waals surface area (Å²) in [5.41, 5.74) is 8.12. The molecule has 0 unspecified atom stereocenters. The van der Waals surface area contributed by atoms with Crippen molar-refractivity contribution >= 4 is 32.9 Å². The Morgan fingerprint density at radius 2 is 0.971 bits per heavy atom. The average Bonchev–Trinajstić information content (AvgIpc) is 2.83. The molecule has 2 aliphatic rings. The highest BCUT2D eigenvalue weighted by Crippen LogP contribution is 2.43. The minimum atomic E-state index is 0.167. The van der Waals surface area contributed by atoms with E-state index in [1.165, 1.54) is 11.1 Å². The summed E-state index contributed by atoms with van der Waals surface area (Å²) in [5, 5.41) is 27.5. The van der Waals surface area contributed by atoms with Crippen LogP contribution in [0.5, 0.6) is 11.5 Å². The number of phenols is 2. The van der Waals surface area contributed by atoms with Crippen LogP contribution in [0.15, 0.2) is 70.6 Å². The number of phenolic OH excluding ortho intramolecular Hbond substituents is 2. The van der Waals surface area contributed by atoms with Gasteiger partial charge in [-0.1, -0.05) is 48.5 Å². The molecule has 34 heavy (non-hydrogen) atoms. The van der Waals surface area contributed by atoms with Gasteiger partial charge in [-0.25, -0.2) is 9.98 Å². The predicted molar refractivity (Wildman–Crippen MR) is 134 cm³/mol. The average molecular weight is 443 g/mol. The molecule has 4 heteroatoms. The Hall–Kier alpha value is -4.18. The first-order valence-electron chi connectivity index (χ1n) is 11.6. The van der Waals surface area contributed by atoms with Crippen molar-refractivity contribution in [2.24, 2.45) is 9.98 Å². The molecule has 0 atom stereocenters. The van der Waals surface area contributed by atoms with E-state index in [0.717, 1.165) is 57.2 Å². The lowest BCUT2D eigenvalue weighted by Crippen LogP contribution is -2.19. The maximum atomic E-state index is 11.7. The highest BCUT2D eigenvalue weighted by atomic mass is 16.3. The number of aryl methyl sites for hydroxylation is 2. The van der Waals surface area contributed by atoms with Gasteiger partial charge in [0.1, 0.15) is 11.5 Å².